The van der Waals surface area contributed by atoms with E-state index in [1.807, 2.05) is 0 Å². The van der Waals surface area contributed by atoms with Crippen molar-refractivity contribution < 1.29 is 9.84 Å². The van der Waals surface area contributed by atoms with Gasteiger partial charge in [0.05, 0.1) is 5.60 Å². The Morgan fingerprint density at radius 1 is 1.55 bits per heavy atom. The summed E-state index contributed by atoms with van der Waals surface area (Å²) in [4.78, 5) is 0. The van der Waals surface area contributed by atoms with E-state index >= 15 is 0 Å². The van der Waals surface area contributed by atoms with Crippen LogP contribution in [0.4, 0.5) is 0 Å². The van der Waals surface area contributed by atoms with Gasteiger partial charge < -0.3 is 15.3 Å². The standard InChI is InChI=1S/C8H13NO2/c1-7(6-9)8(10)2-4-11-5-3-8/h6,9-10H,1-5H2. The minimum atomic E-state index is -0.875. The maximum Gasteiger partial charge on any atom is 0.0949 e. The lowest BCUT2D eigenvalue weighted by molar-refractivity contribution is -0.0355. The maximum atomic E-state index is 9.81. The summed E-state index contributed by atoms with van der Waals surface area (Å²) in [6.07, 6.45) is 2.23. The fraction of sp³-hybridized carbons (Fsp3) is 0.625. The third-order valence-electron chi connectivity index (χ3n) is 2.09. The fourth-order valence-corrected chi connectivity index (χ4v) is 1.16. The Morgan fingerprint density at radius 3 is 2.55 bits per heavy atom. The molecular weight excluding hydrogens is 142 g/mol. The SMILES string of the molecule is C=C(C=N)C1(O)CCOCC1. The molecule has 0 aromatic heterocycles. The first-order valence-electron chi connectivity index (χ1n) is 3.69. The molecular formula is C8H13NO2. The first-order valence-corrected chi connectivity index (χ1v) is 3.69. The zero-order chi connectivity index (χ0) is 8.32. The molecule has 1 fully saturated rings. The summed E-state index contributed by atoms with van der Waals surface area (Å²) in [7, 11) is 0. The van der Waals surface area contributed by atoms with Gasteiger partial charge in [-0.3, -0.25) is 0 Å². The van der Waals surface area contributed by atoms with E-state index in [0.717, 1.165) is 6.21 Å². The van der Waals surface area contributed by atoms with Crippen molar-refractivity contribution in [2.24, 2.45) is 0 Å². The molecule has 3 heteroatoms. The minimum absolute atomic E-state index is 0.487. The lowest BCUT2D eigenvalue weighted by atomic mass is 9.88. The highest BCUT2D eigenvalue weighted by atomic mass is 16.5. The molecule has 11 heavy (non-hydrogen) atoms. The molecule has 0 atom stereocenters. The molecule has 1 aliphatic rings. The largest absolute Gasteiger partial charge is 0.385 e. The van der Waals surface area contributed by atoms with Crippen molar-refractivity contribution in [1.82, 2.24) is 0 Å². The highest BCUT2D eigenvalue weighted by Crippen LogP contribution is 2.25. The Balaban J connectivity index is 2.63. The Morgan fingerprint density at radius 2 is 2.09 bits per heavy atom. The molecule has 0 amide bonds. The quantitative estimate of drug-likeness (QED) is 0.578. The van der Waals surface area contributed by atoms with Crippen molar-refractivity contribution >= 4 is 6.21 Å². The van der Waals surface area contributed by atoms with Crippen LogP contribution in [0.15, 0.2) is 12.2 Å². The first-order chi connectivity index (χ1) is 5.19. The maximum absolute atomic E-state index is 9.81. The molecule has 62 valence electrons. The highest BCUT2D eigenvalue weighted by molar-refractivity contribution is 5.77. The van der Waals surface area contributed by atoms with Crippen LogP contribution in [0, 0.1) is 5.41 Å². The van der Waals surface area contributed by atoms with Crippen LogP contribution in [0.2, 0.25) is 0 Å². The van der Waals surface area contributed by atoms with Crippen LogP contribution in [0.1, 0.15) is 12.8 Å². The van der Waals surface area contributed by atoms with Gasteiger partial charge >= 0.3 is 0 Å². The lowest BCUT2D eigenvalue weighted by Gasteiger charge is -2.32. The molecule has 0 saturated carbocycles. The molecule has 0 radical (unpaired) electrons. The van der Waals surface area contributed by atoms with Gasteiger partial charge in [0.15, 0.2) is 0 Å². The van der Waals surface area contributed by atoms with Gasteiger partial charge in [-0.2, -0.15) is 0 Å². The molecule has 0 bridgehead atoms. The summed E-state index contributed by atoms with van der Waals surface area (Å²) in [5, 5.41) is 16.8. The summed E-state index contributed by atoms with van der Waals surface area (Å²) in [5.41, 5.74) is -0.388. The van der Waals surface area contributed by atoms with Gasteiger partial charge in [-0.1, -0.05) is 6.58 Å². The summed E-state index contributed by atoms with van der Waals surface area (Å²) in [5.74, 6) is 0. The molecule has 0 aromatic rings. The second-order valence-corrected chi connectivity index (χ2v) is 2.81. The minimum Gasteiger partial charge on any atom is -0.385 e. The molecule has 1 saturated heterocycles. The molecule has 3 nitrogen and oxygen atoms in total. The van der Waals surface area contributed by atoms with Crippen molar-refractivity contribution in [2.75, 3.05) is 13.2 Å². The average Bonchev–Trinajstić information content (AvgIpc) is 2.04. The molecule has 1 heterocycles. The second kappa shape index (κ2) is 3.15. The predicted octanol–water partition coefficient (Wildman–Crippen LogP) is 0.734. The van der Waals surface area contributed by atoms with Crippen LogP contribution >= 0.6 is 0 Å². The molecule has 0 aromatic carbocycles. The molecule has 0 unspecified atom stereocenters. The van der Waals surface area contributed by atoms with E-state index in [4.69, 9.17) is 10.1 Å². The van der Waals surface area contributed by atoms with E-state index in [9.17, 15) is 5.11 Å². The van der Waals surface area contributed by atoms with Crippen LogP contribution in [0.25, 0.3) is 0 Å². The smallest absolute Gasteiger partial charge is 0.0949 e. The second-order valence-electron chi connectivity index (χ2n) is 2.81. The van der Waals surface area contributed by atoms with Crippen LogP contribution < -0.4 is 0 Å². The number of ether oxygens (including phenoxy) is 1. The number of hydrogen-bond donors (Lipinski definition) is 2. The highest BCUT2D eigenvalue weighted by Gasteiger charge is 2.31. The summed E-state index contributed by atoms with van der Waals surface area (Å²) in [6.45, 7) is 4.74. The van der Waals surface area contributed by atoms with E-state index in [1.54, 1.807) is 0 Å². The number of rotatable bonds is 2. The Labute approximate surface area is 66.2 Å². The number of hydrogen-bond acceptors (Lipinski definition) is 3. The zero-order valence-electron chi connectivity index (χ0n) is 6.47. The average molecular weight is 155 g/mol. The summed E-state index contributed by atoms with van der Waals surface area (Å²) >= 11 is 0. The van der Waals surface area contributed by atoms with Gasteiger partial charge in [-0.15, -0.1) is 0 Å². The Kier molecular flexibility index (Phi) is 2.42. The van der Waals surface area contributed by atoms with E-state index in [-0.39, 0.29) is 0 Å². The molecule has 0 spiro atoms. The molecule has 1 aliphatic heterocycles. The van der Waals surface area contributed by atoms with Crippen LogP contribution in [0.3, 0.4) is 0 Å². The van der Waals surface area contributed by atoms with Gasteiger partial charge in [0.1, 0.15) is 0 Å². The van der Waals surface area contributed by atoms with Crippen molar-refractivity contribution in [3.05, 3.63) is 12.2 Å². The van der Waals surface area contributed by atoms with E-state index < -0.39 is 5.60 Å². The molecule has 0 aliphatic carbocycles. The lowest BCUT2D eigenvalue weighted by Crippen LogP contribution is -2.38. The van der Waals surface area contributed by atoms with Crippen molar-refractivity contribution in [1.29, 1.82) is 5.41 Å². The summed E-state index contributed by atoms with van der Waals surface area (Å²) in [6, 6.07) is 0. The van der Waals surface area contributed by atoms with Gasteiger partial charge in [0.2, 0.25) is 0 Å². The normalized spacial score (nSPS) is 22.6. The van der Waals surface area contributed by atoms with Crippen LogP contribution in [-0.2, 0) is 4.74 Å². The predicted molar refractivity (Wildman–Crippen MR) is 42.9 cm³/mol. The molecule has 2 N–H and O–H groups in total. The third-order valence-corrected chi connectivity index (χ3v) is 2.09. The fourth-order valence-electron chi connectivity index (χ4n) is 1.16. The first kappa shape index (κ1) is 8.43. The van der Waals surface area contributed by atoms with Gasteiger partial charge in [0.25, 0.3) is 0 Å². The Hall–Kier alpha value is -0.670. The zero-order valence-corrected chi connectivity index (χ0v) is 6.47. The van der Waals surface area contributed by atoms with Gasteiger partial charge in [0, 0.05) is 32.3 Å². The van der Waals surface area contributed by atoms with Gasteiger partial charge in [-0.05, 0) is 5.57 Å². The van der Waals surface area contributed by atoms with E-state index in [0.29, 0.717) is 31.6 Å². The monoisotopic (exact) mass is 155 g/mol. The summed E-state index contributed by atoms with van der Waals surface area (Å²) < 4.78 is 5.08. The van der Waals surface area contributed by atoms with Crippen LogP contribution in [-0.4, -0.2) is 30.1 Å². The van der Waals surface area contributed by atoms with Crippen molar-refractivity contribution in [2.45, 2.75) is 18.4 Å². The van der Waals surface area contributed by atoms with E-state index in [1.165, 1.54) is 0 Å². The van der Waals surface area contributed by atoms with Crippen molar-refractivity contribution in [3.8, 4) is 0 Å². The topological polar surface area (TPSA) is 53.3 Å². The number of nitrogens with one attached hydrogen (secondary N) is 1. The Bertz CT molecular complexity index is 171. The van der Waals surface area contributed by atoms with Gasteiger partial charge in [-0.25, -0.2) is 0 Å². The molecule has 1 rings (SSSR count). The van der Waals surface area contributed by atoms with E-state index in [2.05, 4.69) is 6.58 Å². The third kappa shape index (κ3) is 1.67. The number of aliphatic hydroxyl groups is 1. The van der Waals surface area contributed by atoms with Crippen LogP contribution in [0.5, 0.6) is 0 Å². The van der Waals surface area contributed by atoms with Crippen molar-refractivity contribution in [3.63, 3.8) is 0 Å².